The molecule has 1 aliphatic rings. The van der Waals surface area contributed by atoms with E-state index in [0.717, 1.165) is 53.7 Å². The number of nitrogens with one attached hydrogen (secondary N) is 1. The first kappa shape index (κ1) is 19.4. The number of anilines is 1. The fraction of sp³-hybridized carbons (Fsp3) is 0.182. The second-order valence-electron chi connectivity index (χ2n) is 7.31. The summed E-state index contributed by atoms with van der Waals surface area (Å²) in [7, 11) is 0. The van der Waals surface area contributed by atoms with E-state index < -0.39 is 5.91 Å². The van der Waals surface area contributed by atoms with Crippen LogP contribution in [0.25, 0.3) is 26.7 Å². The van der Waals surface area contributed by atoms with Gasteiger partial charge in [-0.2, -0.15) is 14.6 Å². The molecule has 8 nitrogen and oxygen atoms in total. The monoisotopic (exact) mass is 432 g/mol. The zero-order valence-corrected chi connectivity index (χ0v) is 17.4. The second-order valence-corrected chi connectivity index (χ2v) is 8.27. The number of aromatic nitrogens is 3. The van der Waals surface area contributed by atoms with Gasteiger partial charge < -0.3 is 16.0 Å². The lowest BCUT2D eigenvalue weighted by molar-refractivity contribution is 0.100. The van der Waals surface area contributed by atoms with Gasteiger partial charge in [0.15, 0.2) is 0 Å². The predicted molar refractivity (Wildman–Crippen MR) is 122 cm³/mol. The molecule has 0 saturated carbocycles. The summed E-state index contributed by atoms with van der Waals surface area (Å²) >= 11 is 1.39. The second kappa shape index (κ2) is 7.93. The lowest BCUT2D eigenvalue weighted by Crippen LogP contribution is -2.44. The summed E-state index contributed by atoms with van der Waals surface area (Å²) in [4.78, 5) is 30.4. The minimum absolute atomic E-state index is 0.257. The first-order valence-corrected chi connectivity index (χ1v) is 10.8. The van der Waals surface area contributed by atoms with Crippen molar-refractivity contribution < 1.29 is 4.79 Å². The fourth-order valence-corrected chi connectivity index (χ4v) is 4.59. The Kier molecular flexibility index (Phi) is 4.97. The number of hydrogen-bond acceptors (Lipinski definition) is 7. The average Bonchev–Trinajstić information content (AvgIpc) is 3.23. The van der Waals surface area contributed by atoms with Crippen LogP contribution in [0.1, 0.15) is 10.4 Å². The van der Waals surface area contributed by atoms with Crippen molar-refractivity contribution in [2.75, 3.05) is 31.1 Å². The molecule has 3 heterocycles. The van der Waals surface area contributed by atoms with Crippen LogP contribution in [0.15, 0.2) is 59.4 Å². The summed E-state index contributed by atoms with van der Waals surface area (Å²) in [6.45, 7) is 3.36. The third kappa shape index (κ3) is 3.80. The summed E-state index contributed by atoms with van der Waals surface area (Å²) in [5.74, 6) is 0.328. The molecular formula is C22H20N6O2S. The minimum Gasteiger partial charge on any atom is -0.366 e. The molecule has 2 aromatic heterocycles. The topological polar surface area (TPSA) is 106 Å². The molecule has 0 spiro atoms. The molecular weight excluding hydrogens is 412 g/mol. The van der Waals surface area contributed by atoms with Crippen LogP contribution in [0.3, 0.4) is 0 Å². The van der Waals surface area contributed by atoms with Crippen molar-refractivity contribution in [1.82, 2.24) is 19.9 Å². The van der Waals surface area contributed by atoms with Crippen molar-refractivity contribution in [3.05, 3.63) is 70.5 Å². The van der Waals surface area contributed by atoms with Gasteiger partial charge in [-0.05, 0) is 29.3 Å². The van der Waals surface area contributed by atoms with Crippen molar-refractivity contribution in [1.29, 1.82) is 0 Å². The van der Waals surface area contributed by atoms with Crippen LogP contribution >= 0.6 is 11.3 Å². The number of nitrogens with zero attached hydrogens (tertiary/aromatic N) is 4. The highest BCUT2D eigenvalue weighted by Gasteiger charge is 2.18. The van der Waals surface area contributed by atoms with Gasteiger partial charge in [0.2, 0.25) is 10.9 Å². The molecule has 1 fully saturated rings. The molecule has 3 N–H and O–H groups in total. The highest BCUT2D eigenvalue weighted by atomic mass is 32.1. The van der Waals surface area contributed by atoms with Gasteiger partial charge in [-0.1, -0.05) is 41.7 Å². The molecule has 1 aliphatic heterocycles. The highest BCUT2D eigenvalue weighted by Crippen LogP contribution is 2.30. The summed E-state index contributed by atoms with van der Waals surface area (Å²) in [5.41, 5.74) is 8.46. The standard InChI is InChI=1S/C22H20N6O2S/c23-20(30)15-6-4-14(5-7-15)16-2-1-3-17(12-16)21-26-28-19(27-10-8-24-9-11-27)13-18(29)25-22(28)31-21/h1-7,12-13,24H,8-11H2,(H2,23,30). The first-order chi connectivity index (χ1) is 15.1. The molecule has 9 heteroatoms. The van der Waals surface area contributed by atoms with Gasteiger partial charge in [-0.25, -0.2) is 0 Å². The Morgan fingerprint density at radius 2 is 1.74 bits per heavy atom. The number of piperazine rings is 1. The lowest BCUT2D eigenvalue weighted by Gasteiger charge is -2.28. The molecule has 4 aromatic rings. The van der Waals surface area contributed by atoms with E-state index in [2.05, 4.69) is 15.2 Å². The molecule has 0 atom stereocenters. The van der Waals surface area contributed by atoms with Crippen LogP contribution in [0.4, 0.5) is 5.82 Å². The van der Waals surface area contributed by atoms with Crippen LogP contribution in [0.2, 0.25) is 0 Å². The van der Waals surface area contributed by atoms with E-state index in [0.29, 0.717) is 10.5 Å². The summed E-state index contributed by atoms with van der Waals surface area (Å²) < 4.78 is 1.76. The van der Waals surface area contributed by atoms with Crippen molar-refractivity contribution in [2.45, 2.75) is 0 Å². The molecule has 0 unspecified atom stereocenters. The van der Waals surface area contributed by atoms with Gasteiger partial charge >= 0.3 is 0 Å². The zero-order chi connectivity index (χ0) is 21.4. The number of rotatable bonds is 4. The molecule has 5 rings (SSSR count). The van der Waals surface area contributed by atoms with E-state index >= 15 is 0 Å². The van der Waals surface area contributed by atoms with E-state index in [1.165, 1.54) is 11.3 Å². The number of fused-ring (bicyclic) bond motifs is 1. The maximum absolute atomic E-state index is 12.2. The van der Waals surface area contributed by atoms with Crippen molar-refractivity contribution in [3.63, 3.8) is 0 Å². The quantitative estimate of drug-likeness (QED) is 0.511. The Bertz CT molecular complexity index is 1320. The van der Waals surface area contributed by atoms with Crippen molar-refractivity contribution in [3.8, 4) is 21.7 Å². The van der Waals surface area contributed by atoms with Gasteiger partial charge in [0.25, 0.3) is 5.56 Å². The SMILES string of the molecule is NC(=O)c1ccc(-c2cccc(-c3nn4c(N5CCNCC5)cc(=O)nc4s3)c2)cc1. The van der Waals surface area contributed by atoms with Crippen molar-refractivity contribution >= 4 is 28.0 Å². The molecule has 0 bridgehead atoms. The number of carbonyl (C=O) groups excluding carboxylic acids is 1. The Morgan fingerprint density at radius 3 is 2.48 bits per heavy atom. The zero-order valence-electron chi connectivity index (χ0n) is 16.6. The van der Waals surface area contributed by atoms with Gasteiger partial charge in [0, 0.05) is 43.4 Å². The number of primary amides is 1. The lowest BCUT2D eigenvalue weighted by atomic mass is 10.0. The molecule has 0 aliphatic carbocycles. The summed E-state index contributed by atoms with van der Waals surface area (Å²) in [6.07, 6.45) is 0. The molecule has 31 heavy (non-hydrogen) atoms. The van der Waals surface area contributed by atoms with Crippen LogP contribution in [-0.4, -0.2) is 46.7 Å². The van der Waals surface area contributed by atoms with Crippen molar-refractivity contribution in [2.24, 2.45) is 5.73 Å². The Labute approximate surface area is 182 Å². The summed E-state index contributed by atoms with van der Waals surface area (Å²) in [5, 5.41) is 8.89. The smallest absolute Gasteiger partial charge is 0.276 e. The van der Waals surface area contributed by atoms with Gasteiger partial charge in [0.05, 0.1) is 0 Å². The van der Waals surface area contributed by atoms with E-state index in [1.54, 1.807) is 22.7 Å². The highest BCUT2D eigenvalue weighted by molar-refractivity contribution is 7.19. The molecule has 2 aromatic carbocycles. The number of nitrogens with two attached hydrogens (primary N) is 1. The molecule has 156 valence electrons. The molecule has 0 radical (unpaired) electrons. The summed E-state index contributed by atoms with van der Waals surface area (Å²) in [6, 6.07) is 16.7. The third-order valence-corrected chi connectivity index (χ3v) is 6.25. The van der Waals surface area contributed by atoms with E-state index in [9.17, 15) is 9.59 Å². The van der Waals surface area contributed by atoms with Crippen LogP contribution in [0, 0.1) is 0 Å². The normalized spacial score (nSPS) is 14.1. The van der Waals surface area contributed by atoms with Gasteiger partial charge in [0.1, 0.15) is 10.8 Å². The van der Waals surface area contributed by atoms with E-state index in [1.807, 2.05) is 36.4 Å². The van der Waals surface area contributed by atoms with E-state index in [4.69, 9.17) is 10.8 Å². The predicted octanol–water partition coefficient (Wildman–Crippen LogP) is 1.99. The van der Waals surface area contributed by atoms with E-state index in [-0.39, 0.29) is 5.56 Å². The fourth-order valence-electron chi connectivity index (χ4n) is 3.70. The number of amides is 1. The largest absolute Gasteiger partial charge is 0.366 e. The maximum Gasteiger partial charge on any atom is 0.276 e. The Morgan fingerprint density at radius 1 is 1.00 bits per heavy atom. The van der Waals surface area contributed by atoms with Gasteiger partial charge in [-0.15, -0.1) is 0 Å². The average molecular weight is 433 g/mol. The third-order valence-electron chi connectivity index (χ3n) is 5.29. The molecule has 1 saturated heterocycles. The van der Waals surface area contributed by atoms with Gasteiger partial charge in [-0.3, -0.25) is 9.59 Å². The van der Waals surface area contributed by atoms with Crippen LogP contribution in [-0.2, 0) is 0 Å². The first-order valence-electron chi connectivity index (χ1n) is 9.96. The Hall–Kier alpha value is -3.56. The number of carbonyl (C=O) groups is 1. The van der Waals surface area contributed by atoms with Crippen LogP contribution < -0.4 is 21.5 Å². The number of hydrogen-bond donors (Lipinski definition) is 2. The minimum atomic E-state index is -0.447. The number of benzene rings is 2. The molecule has 1 amide bonds. The maximum atomic E-state index is 12.2. The van der Waals surface area contributed by atoms with Crippen LogP contribution in [0.5, 0.6) is 0 Å². The Balaban J connectivity index is 1.54.